The average molecular weight is 408 g/mol. The summed E-state index contributed by atoms with van der Waals surface area (Å²) in [6, 6.07) is 16.8. The van der Waals surface area contributed by atoms with Gasteiger partial charge in [0.15, 0.2) is 5.69 Å². The van der Waals surface area contributed by atoms with Crippen molar-refractivity contribution in [3.63, 3.8) is 0 Å². The number of pyridine rings is 1. The minimum absolute atomic E-state index is 0.308. The normalized spacial score (nSPS) is 13.3. The number of fused-ring (bicyclic) bond motifs is 1. The number of rotatable bonds is 4. The first-order valence-electron chi connectivity index (χ1n) is 10.2. The molecular formula is C24H20N6O. The number of carbonyl (C=O) groups excluding carboxylic acids is 1. The number of nitrogens with zero attached hydrogens (tertiary/aromatic N) is 4. The molecular weight excluding hydrogens is 388 g/mol. The van der Waals surface area contributed by atoms with E-state index in [-0.39, 0.29) is 5.91 Å². The molecule has 0 atom stereocenters. The number of hydrogen-bond acceptors (Lipinski definition) is 5. The lowest BCUT2D eigenvalue weighted by molar-refractivity contribution is 0.102. The number of hydrogen-bond donors (Lipinski definition) is 2. The van der Waals surface area contributed by atoms with Crippen LogP contribution in [0.2, 0.25) is 0 Å². The highest BCUT2D eigenvalue weighted by atomic mass is 16.1. The third kappa shape index (κ3) is 3.71. The Morgan fingerprint density at radius 2 is 1.84 bits per heavy atom. The monoisotopic (exact) mass is 408 g/mol. The Balaban J connectivity index is 1.45. The van der Waals surface area contributed by atoms with Gasteiger partial charge in [0.1, 0.15) is 0 Å². The van der Waals surface area contributed by atoms with E-state index >= 15 is 0 Å². The van der Waals surface area contributed by atoms with Crippen LogP contribution in [-0.4, -0.2) is 34.2 Å². The standard InChI is InChI=1S/C24H20N6O/c25-13-16-3-6-19(7-4-16)27-24(31)23-21-12-17(5-8-22(21)28-29-23)18-11-20(15-26-14-18)30-9-1-2-10-30/h3-8,11-12,14-15H,1-2,9-10H2,(H,27,31)(H,28,29). The molecule has 7 heteroatoms. The number of anilines is 2. The fourth-order valence-corrected chi connectivity index (χ4v) is 3.92. The first-order chi connectivity index (χ1) is 15.2. The Labute approximate surface area is 179 Å². The molecule has 1 amide bonds. The van der Waals surface area contributed by atoms with Crippen LogP contribution >= 0.6 is 0 Å². The highest BCUT2D eigenvalue weighted by Crippen LogP contribution is 2.29. The number of aromatic amines is 1. The third-order valence-corrected chi connectivity index (χ3v) is 5.58. The lowest BCUT2D eigenvalue weighted by Crippen LogP contribution is -2.17. The first-order valence-corrected chi connectivity index (χ1v) is 10.2. The predicted octanol–water partition coefficient (Wildman–Crippen LogP) is 4.35. The van der Waals surface area contributed by atoms with E-state index in [1.807, 2.05) is 30.6 Å². The van der Waals surface area contributed by atoms with Crippen LogP contribution < -0.4 is 10.2 Å². The van der Waals surface area contributed by atoms with Gasteiger partial charge in [0.05, 0.1) is 29.0 Å². The van der Waals surface area contributed by atoms with E-state index in [9.17, 15) is 4.79 Å². The van der Waals surface area contributed by atoms with Crippen LogP contribution in [0.25, 0.3) is 22.0 Å². The highest BCUT2D eigenvalue weighted by molar-refractivity contribution is 6.11. The van der Waals surface area contributed by atoms with E-state index in [1.165, 1.54) is 12.8 Å². The van der Waals surface area contributed by atoms with E-state index in [0.29, 0.717) is 16.9 Å². The van der Waals surface area contributed by atoms with E-state index in [0.717, 1.165) is 40.8 Å². The molecule has 0 radical (unpaired) electrons. The molecule has 1 fully saturated rings. The molecule has 31 heavy (non-hydrogen) atoms. The zero-order valence-electron chi connectivity index (χ0n) is 16.8. The van der Waals surface area contributed by atoms with Crippen LogP contribution in [0.1, 0.15) is 28.9 Å². The number of amides is 1. The van der Waals surface area contributed by atoms with E-state index in [2.05, 4.69) is 37.5 Å². The number of aromatic nitrogens is 3. The number of H-pyrrole nitrogens is 1. The quantitative estimate of drug-likeness (QED) is 0.523. The van der Waals surface area contributed by atoms with Crippen molar-refractivity contribution < 1.29 is 4.79 Å². The van der Waals surface area contributed by atoms with Crippen molar-refractivity contribution in [1.82, 2.24) is 15.2 Å². The molecule has 1 saturated heterocycles. The van der Waals surface area contributed by atoms with Crippen molar-refractivity contribution in [3.8, 4) is 17.2 Å². The fraction of sp³-hybridized carbons (Fsp3) is 0.167. The van der Waals surface area contributed by atoms with Gasteiger partial charge in [-0.05, 0) is 60.9 Å². The number of nitriles is 1. The molecule has 0 bridgehead atoms. The average Bonchev–Trinajstić information content (AvgIpc) is 3.49. The minimum Gasteiger partial charge on any atom is -0.370 e. The van der Waals surface area contributed by atoms with Gasteiger partial charge >= 0.3 is 0 Å². The maximum Gasteiger partial charge on any atom is 0.276 e. The Kier molecular flexibility index (Phi) is 4.81. The minimum atomic E-state index is -0.308. The second kappa shape index (κ2) is 7.92. The molecule has 2 aromatic carbocycles. The van der Waals surface area contributed by atoms with Crippen molar-refractivity contribution in [1.29, 1.82) is 5.26 Å². The summed E-state index contributed by atoms with van der Waals surface area (Å²) >= 11 is 0. The smallest absolute Gasteiger partial charge is 0.276 e. The summed E-state index contributed by atoms with van der Waals surface area (Å²) in [6.45, 7) is 2.12. The third-order valence-electron chi connectivity index (χ3n) is 5.58. The summed E-state index contributed by atoms with van der Waals surface area (Å²) in [4.78, 5) is 19.6. The molecule has 4 aromatic rings. The van der Waals surface area contributed by atoms with Crippen molar-refractivity contribution in [2.24, 2.45) is 0 Å². The molecule has 152 valence electrons. The van der Waals surface area contributed by atoms with Crippen LogP contribution in [0.3, 0.4) is 0 Å². The Morgan fingerprint density at radius 3 is 2.61 bits per heavy atom. The highest BCUT2D eigenvalue weighted by Gasteiger charge is 2.17. The van der Waals surface area contributed by atoms with Gasteiger partial charge in [-0.25, -0.2) is 0 Å². The van der Waals surface area contributed by atoms with E-state index in [4.69, 9.17) is 5.26 Å². The van der Waals surface area contributed by atoms with E-state index in [1.54, 1.807) is 24.3 Å². The van der Waals surface area contributed by atoms with Gasteiger partial charge in [0, 0.05) is 35.9 Å². The van der Waals surface area contributed by atoms with Gasteiger partial charge < -0.3 is 10.2 Å². The molecule has 0 aliphatic carbocycles. The second-order valence-electron chi connectivity index (χ2n) is 7.60. The van der Waals surface area contributed by atoms with Crippen molar-refractivity contribution in [2.75, 3.05) is 23.3 Å². The number of benzene rings is 2. The first kappa shape index (κ1) is 18.8. The predicted molar refractivity (Wildman–Crippen MR) is 120 cm³/mol. The lowest BCUT2D eigenvalue weighted by atomic mass is 10.0. The summed E-state index contributed by atoms with van der Waals surface area (Å²) in [5, 5.41) is 19.7. The molecule has 1 aliphatic heterocycles. The van der Waals surface area contributed by atoms with E-state index < -0.39 is 0 Å². The van der Waals surface area contributed by atoms with Crippen molar-refractivity contribution >= 4 is 28.2 Å². The van der Waals surface area contributed by atoms with Crippen LogP contribution in [0.4, 0.5) is 11.4 Å². The largest absolute Gasteiger partial charge is 0.370 e. The maximum atomic E-state index is 12.8. The van der Waals surface area contributed by atoms with Gasteiger partial charge in [0.2, 0.25) is 0 Å². The number of nitrogens with one attached hydrogen (secondary N) is 2. The fourth-order valence-electron chi connectivity index (χ4n) is 3.92. The summed E-state index contributed by atoms with van der Waals surface area (Å²) in [5.74, 6) is -0.308. The van der Waals surface area contributed by atoms with Gasteiger partial charge in [0.25, 0.3) is 5.91 Å². The molecule has 0 unspecified atom stereocenters. The molecule has 2 N–H and O–H groups in total. The number of carbonyl (C=O) groups is 1. The van der Waals surface area contributed by atoms with Gasteiger partial charge in [-0.2, -0.15) is 10.4 Å². The Hall–Kier alpha value is -4.18. The van der Waals surface area contributed by atoms with Crippen LogP contribution in [0.5, 0.6) is 0 Å². The molecule has 7 nitrogen and oxygen atoms in total. The van der Waals surface area contributed by atoms with Crippen molar-refractivity contribution in [3.05, 3.63) is 72.2 Å². The Bertz CT molecular complexity index is 1300. The summed E-state index contributed by atoms with van der Waals surface area (Å²) in [5.41, 5.74) is 5.38. The molecule has 5 rings (SSSR count). The molecule has 2 aromatic heterocycles. The Morgan fingerprint density at radius 1 is 1.03 bits per heavy atom. The van der Waals surface area contributed by atoms with Crippen LogP contribution in [-0.2, 0) is 0 Å². The van der Waals surface area contributed by atoms with Crippen LogP contribution in [0, 0.1) is 11.3 Å². The summed E-state index contributed by atoms with van der Waals surface area (Å²) in [6.07, 6.45) is 6.17. The maximum absolute atomic E-state index is 12.8. The van der Waals surface area contributed by atoms with Gasteiger partial charge in [-0.15, -0.1) is 0 Å². The SMILES string of the molecule is N#Cc1ccc(NC(=O)c2n[nH]c3ccc(-c4cncc(N5CCCC5)c4)cc23)cc1. The van der Waals surface area contributed by atoms with Crippen LogP contribution in [0.15, 0.2) is 60.9 Å². The zero-order chi connectivity index (χ0) is 21.2. The molecule has 0 saturated carbocycles. The zero-order valence-corrected chi connectivity index (χ0v) is 16.8. The molecule has 1 aliphatic rings. The molecule has 3 heterocycles. The van der Waals surface area contributed by atoms with Gasteiger partial charge in [-0.3, -0.25) is 14.9 Å². The lowest BCUT2D eigenvalue weighted by Gasteiger charge is -2.17. The van der Waals surface area contributed by atoms with Crippen molar-refractivity contribution in [2.45, 2.75) is 12.8 Å². The molecule has 0 spiro atoms. The van der Waals surface area contributed by atoms with Gasteiger partial charge in [-0.1, -0.05) is 6.07 Å². The second-order valence-corrected chi connectivity index (χ2v) is 7.60. The topological polar surface area (TPSA) is 97.7 Å². The summed E-state index contributed by atoms with van der Waals surface area (Å²) < 4.78 is 0. The summed E-state index contributed by atoms with van der Waals surface area (Å²) in [7, 11) is 0.